The molecule has 0 aromatic carbocycles. The molecule has 1 atom stereocenters. The Morgan fingerprint density at radius 2 is 2.25 bits per heavy atom. The highest BCUT2D eigenvalue weighted by Gasteiger charge is 2.33. The van der Waals surface area contributed by atoms with Gasteiger partial charge in [0.25, 0.3) is 0 Å². The third-order valence-corrected chi connectivity index (χ3v) is 5.01. The SMILES string of the molecule is CC(Cn1ccc2c1CC(C)(C)CC2=O)c1nccs1. The monoisotopic (exact) mass is 288 g/mol. The first-order valence-corrected chi connectivity index (χ1v) is 7.95. The van der Waals surface area contributed by atoms with E-state index in [2.05, 4.69) is 36.5 Å². The molecule has 2 aromatic rings. The molecule has 0 fully saturated rings. The molecule has 20 heavy (non-hydrogen) atoms. The molecule has 1 aliphatic carbocycles. The summed E-state index contributed by atoms with van der Waals surface area (Å²) in [7, 11) is 0. The van der Waals surface area contributed by atoms with Crippen LogP contribution in [0, 0.1) is 5.41 Å². The van der Waals surface area contributed by atoms with E-state index in [9.17, 15) is 4.79 Å². The number of carbonyl (C=O) groups is 1. The Balaban J connectivity index is 1.88. The number of hydrogen-bond donors (Lipinski definition) is 0. The van der Waals surface area contributed by atoms with E-state index in [0.717, 1.165) is 23.5 Å². The predicted octanol–water partition coefficient (Wildman–Crippen LogP) is 3.90. The summed E-state index contributed by atoms with van der Waals surface area (Å²) in [6, 6.07) is 1.99. The topological polar surface area (TPSA) is 34.9 Å². The van der Waals surface area contributed by atoms with Gasteiger partial charge in [-0.3, -0.25) is 4.79 Å². The summed E-state index contributed by atoms with van der Waals surface area (Å²) in [5.74, 6) is 0.670. The van der Waals surface area contributed by atoms with Gasteiger partial charge in [-0.1, -0.05) is 20.8 Å². The summed E-state index contributed by atoms with van der Waals surface area (Å²) in [5.41, 5.74) is 2.20. The van der Waals surface area contributed by atoms with Gasteiger partial charge in [-0.15, -0.1) is 11.3 Å². The van der Waals surface area contributed by atoms with Crippen LogP contribution in [0.3, 0.4) is 0 Å². The number of nitrogens with zero attached hydrogens (tertiary/aromatic N) is 2. The van der Waals surface area contributed by atoms with E-state index in [0.29, 0.717) is 12.3 Å². The van der Waals surface area contributed by atoms with E-state index < -0.39 is 0 Å². The molecule has 106 valence electrons. The summed E-state index contributed by atoms with van der Waals surface area (Å²) >= 11 is 1.70. The lowest BCUT2D eigenvalue weighted by molar-refractivity contribution is 0.0910. The molecule has 0 amide bonds. The maximum Gasteiger partial charge on any atom is 0.165 e. The van der Waals surface area contributed by atoms with Gasteiger partial charge in [0.1, 0.15) is 0 Å². The summed E-state index contributed by atoms with van der Waals surface area (Å²) in [6.07, 6.45) is 5.56. The quantitative estimate of drug-likeness (QED) is 0.858. The largest absolute Gasteiger partial charge is 0.350 e. The molecular formula is C16H20N2OS. The van der Waals surface area contributed by atoms with Crippen LogP contribution >= 0.6 is 11.3 Å². The van der Waals surface area contributed by atoms with Crippen LogP contribution in [0.1, 0.15) is 54.2 Å². The van der Waals surface area contributed by atoms with Crippen LogP contribution < -0.4 is 0 Å². The molecule has 0 radical (unpaired) electrons. The standard InChI is InChI=1S/C16H20N2OS/c1-11(15-17-5-7-20-15)10-18-6-4-12-13(18)8-16(2,3)9-14(12)19/h4-7,11H,8-10H2,1-3H3. The average molecular weight is 288 g/mol. The van der Waals surface area contributed by atoms with Crippen LogP contribution in [-0.4, -0.2) is 15.3 Å². The Morgan fingerprint density at radius 3 is 2.95 bits per heavy atom. The second-order valence-corrected chi connectivity index (χ2v) is 7.47. The van der Waals surface area contributed by atoms with E-state index in [1.165, 1.54) is 5.69 Å². The molecule has 0 aliphatic heterocycles. The highest BCUT2D eigenvalue weighted by atomic mass is 32.1. The number of Topliss-reactive ketones (excluding diaryl/α,β-unsaturated/α-hetero) is 1. The molecule has 3 nitrogen and oxygen atoms in total. The molecule has 4 heteroatoms. The van der Waals surface area contributed by atoms with Crippen molar-refractivity contribution in [2.75, 3.05) is 0 Å². The number of aromatic nitrogens is 2. The first kappa shape index (κ1) is 13.6. The van der Waals surface area contributed by atoms with Crippen molar-refractivity contribution in [1.29, 1.82) is 0 Å². The third kappa shape index (κ3) is 2.44. The van der Waals surface area contributed by atoms with Gasteiger partial charge in [0.2, 0.25) is 0 Å². The summed E-state index contributed by atoms with van der Waals surface area (Å²) in [4.78, 5) is 16.6. The Labute approximate surface area is 123 Å². The minimum Gasteiger partial charge on any atom is -0.350 e. The van der Waals surface area contributed by atoms with Crippen LogP contribution in [0.5, 0.6) is 0 Å². The Kier molecular flexibility index (Phi) is 3.28. The molecule has 0 bridgehead atoms. The van der Waals surface area contributed by atoms with Gasteiger partial charge in [-0.05, 0) is 17.9 Å². The molecular weight excluding hydrogens is 268 g/mol. The Morgan fingerprint density at radius 1 is 1.45 bits per heavy atom. The van der Waals surface area contributed by atoms with Gasteiger partial charge in [-0.2, -0.15) is 0 Å². The lowest BCUT2D eigenvalue weighted by Gasteiger charge is -2.30. The smallest absolute Gasteiger partial charge is 0.165 e. The molecule has 1 aliphatic rings. The second-order valence-electron chi connectivity index (χ2n) is 6.54. The number of rotatable bonds is 3. The van der Waals surface area contributed by atoms with Crippen LogP contribution in [0.25, 0.3) is 0 Å². The van der Waals surface area contributed by atoms with Crippen molar-refractivity contribution in [1.82, 2.24) is 9.55 Å². The van der Waals surface area contributed by atoms with Crippen LogP contribution in [0.4, 0.5) is 0 Å². The molecule has 1 unspecified atom stereocenters. The maximum atomic E-state index is 12.2. The highest BCUT2D eigenvalue weighted by molar-refractivity contribution is 7.09. The fourth-order valence-electron chi connectivity index (χ4n) is 3.02. The van der Waals surface area contributed by atoms with E-state index in [1.807, 2.05) is 17.6 Å². The van der Waals surface area contributed by atoms with Crippen molar-refractivity contribution in [2.24, 2.45) is 5.41 Å². The van der Waals surface area contributed by atoms with E-state index in [-0.39, 0.29) is 11.2 Å². The fraction of sp³-hybridized carbons (Fsp3) is 0.500. The van der Waals surface area contributed by atoms with Crippen LogP contribution in [0.2, 0.25) is 0 Å². The van der Waals surface area contributed by atoms with Crippen molar-refractivity contribution in [3.05, 3.63) is 40.1 Å². The van der Waals surface area contributed by atoms with Gasteiger partial charge < -0.3 is 4.57 Å². The van der Waals surface area contributed by atoms with Crippen molar-refractivity contribution >= 4 is 17.1 Å². The summed E-state index contributed by atoms with van der Waals surface area (Å²) < 4.78 is 2.25. The van der Waals surface area contributed by atoms with Gasteiger partial charge in [0.05, 0.1) is 5.01 Å². The van der Waals surface area contributed by atoms with E-state index in [1.54, 1.807) is 11.3 Å². The average Bonchev–Trinajstić information content (AvgIpc) is 2.98. The van der Waals surface area contributed by atoms with Crippen molar-refractivity contribution in [2.45, 2.75) is 46.1 Å². The number of fused-ring (bicyclic) bond motifs is 1. The van der Waals surface area contributed by atoms with Crippen molar-refractivity contribution in [3.63, 3.8) is 0 Å². The first-order chi connectivity index (χ1) is 9.46. The number of hydrogen-bond acceptors (Lipinski definition) is 3. The summed E-state index contributed by atoms with van der Waals surface area (Å²) in [6.45, 7) is 7.44. The minimum atomic E-state index is 0.0740. The Hall–Kier alpha value is -1.42. The third-order valence-electron chi connectivity index (χ3n) is 4.01. The van der Waals surface area contributed by atoms with Gasteiger partial charge in [0.15, 0.2) is 5.78 Å². The Bertz CT molecular complexity index is 625. The minimum absolute atomic E-state index is 0.0740. The molecule has 2 heterocycles. The number of carbonyl (C=O) groups excluding carboxylic acids is 1. The van der Waals surface area contributed by atoms with Gasteiger partial charge >= 0.3 is 0 Å². The van der Waals surface area contributed by atoms with Crippen molar-refractivity contribution < 1.29 is 4.79 Å². The van der Waals surface area contributed by atoms with Gasteiger partial charge in [0, 0.05) is 47.9 Å². The normalized spacial score (nSPS) is 18.9. The van der Waals surface area contributed by atoms with Crippen LogP contribution in [0.15, 0.2) is 23.8 Å². The maximum absolute atomic E-state index is 12.2. The van der Waals surface area contributed by atoms with E-state index in [4.69, 9.17) is 0 Å². The predicted molar refractivity (Wildman–Crippen MR) is 81.4 cm³/mol. The zero-order valence-corrected chi connectivity index (χ0v) is 13.0. The van der Waals surface area contributed by atoms with Crippen LogP contribution in [-0.2, 0) is 13.0 Å². The first-order valence-electron chi connectivity index (χ1n) is 7.07. The lowest BCUT2D eigenvalue weighted by atomic mass is 9.76. The fourth-order valence-corrected chi connectivity index (χ4v) is 3.71. The number of thiazole rings is 1. The highest BCUT2D eigenvalue weighted by Crippen LogP contribution is 2.35. The zero-order chi connectivity index (χ0) is 14.3. The molecule has 0 spiro atoms. The molecule has 0 saturated heterocycles. The van der Waals surface area contributed by atoms with Gasteiger partial charge in [-0.25, -0.2) is 4.98 Å². The van der Waals surface area contributed by atoms with E-state index >= 15 is 0 Å². The van der Waals surface area contributed by atoms with Crippen molar-refractivity contribution in [3.8, 4) is 0 Å². The molecule has 0 saturated carbocycles. The second kappa shape index (κ2) is 4.85. The zero-order valence-electron chi connectivity index (χ0n) is 12.2. The molecule has 0 N–H and O–H groups in total. The molecule has 2 aromatic heterocycles. The number of ketones is 1. The summed E-state index contributed by atoms with van der Waals surface area (Å²) in [5, 5.41) is 3.18. The molecule has 3 rings (SSSR count). The lowest BCUT2D eigenvalue weighted by Crippen LogP contribution is -2.28.